The van der Waals surface area contributed by atoms with Crippen LogP contribution in [0.1, 0.15) is 29.9 Å². The molecule has 2 aromatic carbocycles. The molecule has 5 heteroatoms. The number of amides is 1. The number of carbonyl (C=O) groups excluding carboxylic acids is 1. The van der Waals surface area contributed by atoms with Gasteiger partial charge >= 0.3 is 5.97 Å². The largest absolute Gasteiger partial charge is 0.481 e. The van der Waals surface area contributed by atoms with Crippen molar-refractivity contribution in [1.29, 1.82) is 0 Å². The van der Waals surface area contributed by atoms with E-state index >= 15 is 0 Å². The molecule has 1 atom stereocenters. The number of nitrogens with zero attached hydrogens (tertiary/aromatic N) is 1. The van der Waals surface area contributed by atoms with Gasteiger partial charge < -0.3 is 10.0 Å². The van der Waals surface area contributed by atoms with Gasteiger partial charge in [0.05, 0.1) is 0 Å². The van der Waals surface area contributed by atoms with Gasteiger partial charge in [-0.1, -0.05) is 41.9 Å². The molecule has 0 bridgehead atoms. The molecule has 0 aromatic heterocycles. The molecular formula is C19H18ClNO3. The van der Waals surface area contributed by atoms with Gasteiger partial charge in [0.1, 0.15) is 5.92 Å². The van der Waals surface area contributed by atoms with Gasteiger partial charge in [0.2, 0.25) is 5.91 Å². The van der Waals surface area contributed by atoms with Crippen molar-refractivity contribution in [3.63, 3.8) is 0 Å². The van der Waals surface area contributed by atoms with Crippen LogP contribution >= 0.6 is 11.6 Å². The number of fused-ring (bicyclic) bond motifs is 1. The Labute approximate surface area is 145 Å². The molecule has 124 valence electrons. The number of anilines is 1. The summed E-state index contributed by atoms with van der Waals surface area (Å²) >= 11 is 5.86. The lowest BCUT2D eigenvalue weighted by atomic mass is 10.0. The van der Waals surface area contributed by atoms with Crippen LogP contribution in [0, 0.1) is 0 Å². The van der Waals surface area contributed by atoms with Crippen LogP contribution in [0.2, 0.25) is 5.02 Å². The molecule has 0 saturated carbocycles. The first-order valence-corrected chi connectivity index (χ1v) is 8.30. The zero-order chi connectivity index (χ0) is 17.1. The molecule has 2 aromatic rings. The monoisotopic (exact) mass is 343 g/mol. The molecular weight excluding hydrogens is 326 g/mol. The molecule has 1 unspecified atom stereocenters. The molecule has 1 aliphatic rings. The van der Waals surface area contributed by atoms with Gasteiger partial charge in [0.25, 0.3) is 0 Å². The van der Waals surface area contributed by atoms with E-state index in [1.807, 2.05) is 42.5 Å². The van der Waals surface area contributed by atoms with Gasteiger partial charge in [-0.2, -0.15) is 0 Å². The molecule has 4 nitrogen and oxygen atoms in total. The molecule has 3 rings (SSSR count). The Morgan fingerprint density at radius 1 is 1.12 bits per heavy atom. The fourth-order valence-corrected chi connectivity index (χ4v) is 3.21. The van der Waals surface area contributed by atoms with Crippen LogP contribution in [0.25, 0.3) is 0 Å². The van der Waals surface area contributed by atoms with Crippen LogP contribution < -0.4 is 4.90 Å². The van der Waals surface area contributed by atoms with Crippen LogP contribution in [-0.4, -0.2) is 23.5 Å². The minimum atomic E-state index is -0.890. The third-order valence-corrected chi connectivity index (χ3v) is 4.59. The van der Waals surface area contributed by atoms with Crippen molar-refractivity contribution >= 4 is 29.2 Å². The maximum atomic E-state index is 12.5. The highest BCUT2D eigenvalue weighted by atomic mass is 35.5. The molecule has 1 N–H and O–H groups in total. The van der Waals surface area contributed by atoms with E-state index in [0.29, 0.717) is 11.4 Å². The number of carbonyl (C=O) groups is 2. The average Bonchev–Trinajstić information content (AvgIpc) is 2.96. The Kier molecular flexibility index (Phi) is 4.86. The molecule has 0 radical (unpaired) electrons. The number of para-hydroxylation sites is 1. The Balaban J connectivity index is 1.63. The van der Waals surface area contributed by atoms with Crippen LogP contribution in [-0.2, 0) is 16.0 Å². The fourth-order valence-electron chi connectivity index (χ4n) is 3.08. The second kappa shape index (κ2) is 7.05. The highest BCUT2D eigenvalue weighted by Gasteiger charge is 2.35. The van der Waals surface area contributed by atoms with E-state index in [2.05, 4.69) is 0 Å². The number of aryl methyl sites for hydroxylation is 1. The van der Waals surface area contributed by atoms with Crippen molar-refractivity contribution in [2.45, 2.75) is 25.2 Å². The van der Waals surface area contributed by atoms with E-state index in [1.165, 1.54) is 0 Å². The summed E-state index contributed by atoms with van der Waals surface area (Å²) in [6.07, 6.45) is 1.90. The van der Waals surface area contributed by atoms with Gasteiger partial charge in [-0.15, -0.1) is 0 Å². The number of aliphatic carboxylic acids is 1. The van der Waals surface area contributed by atoms with E-state index < -0.39 is 11.9 Å². The van der Waals surface area contributed by atoms with E-state index in [9.17, 15) is 14.7 Å². The number of benzene rings is 2. The number of hydrogen-bond donors (Lipinski definition) is 1. The summed E-state index contributed by atoms with van der Waals surface area (Å²) in [5.74, 6) is -1.56. The lowest BCUT2D eigenvalue weighted by Crippen LogP contribution is -2.31. The SMILES string of the molecule is O=C(O)C1CN(C(=O)CCCc2ccc(Cl)cc2)c2ccccc21. The van der Waals surface area contributed by atoms with Gasteiger partial charge in [-0.25, -0.2) is 0 Å². The minimum Gasteiger partial charge on any atom is -0.481 e. The van der Waals surface area contributed by atoms with Crippen molar-refractivity contribution < 1.29 is 14.7 Å². The van der Waals surface area contributed by atoms with E-state index in [4.69, 9.17) is 11.6 Å². The molecule has 0 spiro atoms. The zero-order valence-electron chi connectivity index (χ0n) is 13.1. The summed E-state index contributed by atoms with van der Waals surface area (Å²) in [5.41, 5.74) is 2.58. The summed E-state index contributed by atoms with van der Waals surface area (Å²) in [4.78, 5) is 25.5. The lowest BCUT2D eigenvalue weighted by molar-refractivity contribution is -0.138. The third kappa shape index (κ3) is 3.44. The van der Waals surface area contributed by atoms with E-state index in [1.54, 1.807) is 11.0 Å². The maximum Gasteiger partial charge on any atom is 0.312 e. The van der Waals surface area contributed by atoms with Crippen molar-refractivity contribution in [2.24, 2.45) is 0 Å². The molecule has 1 aliphatic heterocycles. The standard InChI is InChI=1S/C19H18ClNO3/c20-14-10-8-13(9-11-14)4-3-7-18(22)21-12-16(19(23)24)15-5-1-2-6-17(15)21/h1-2,5-6,8-11,16H,3-4,7,12H2,(H,23,24). The summed E-state index contributed by atoms with van der Waals surface area (Å²) in [6.45, 7) is 0.217. The number of rotatable bonds is 5. The molecule has 0 aliphatic carbocycles. The Morgan fingerprint density at radius 2 is 1.83 bits per heavy atom. The summed E-state index contributed by atoms with van der Waals surface area (Å²) in [6, 6.07) is 14.8. The van der Waals surface area contributed by atoms with Crippen molar-refractivity contribution in [2.75, 3.05) is 11.4 Å². The summed E-state index contributed by atoms with van der Waals surface area (Å²) < 4.78 is 0. The highest BCUT2D eigenvalue weighted by molar-refractivity contribution is 6.30. The first-order chi connectivity index (χ1) is 11.6. The average molecular weight is 344 g/mol. The Bertz CT molecular complexity index is 757. The van der Waals surface area contributed by atoms with Gasteiger partial charge in [-0.05, 0) is 42.2 Å². The highest BCUT2D eigenvalue weighted by Crippen LogP contribution is 2.36. The first-order valence-electron chi connectivity index (χ1n) is 7.93. The molecule has 24 heavy (non-hydrogen) atoms. The molecule has 1 heterocycles. The Hall–Kier alpha value is -2.33. The fraction of sp³-hybridized carbons (Fsp3) is 0.263. The smallest absolute Gasteiger partial charge is 0.312 e. The number of carboxylic acids is 1. The number of carboxylic acid groups (broad SMARTS) is 1. The molecule has 1 amide bonds. The second-order valence-corrected chi connectivity index (χ2v) is 6.37. The lowest BCUT2D eigenvalue weighted by Gasteiger charge is -2.17. The van der Waals surface area contributed by atoms with Crippen LogP contribution in [0.4, 0.5) is 5.69 Å². The number of halogens is 1. The van der Waals surface area contributed by atoms with Gasteiger partial charge in [0.15, 0.2) is 0 Å². The van der Waals surface area contributed by atoms with Gasteiger partial charge in [0, 0.05) is 23.7 Å². The second-order valence-electron chi connectivity index (χ2n) is 5.93. The van der Waals surface area contributed by atoms with Gasteiger partial charge in [-0.3, -0.25) is 9.59 Å². The topological polar surface area (TPSA) is 57.6 Å². The van der Waals surface area contributed by atoms with Crippen LogP contribution in [0.5, 0.6) is 0 Å². The Morgan fingerprint density at radius 3 is 2.54 bits per heavy atom. The summed E-state index contributed by atoms with van der Waals surface area (Å²) in [7, 11) is 0. The predicted octanol–water partition coefficient (Wildman–Crippen LogP) is 3.88. The van der Waals surface area contributed by atoms with Crippen molar-refractivity contribution in [1.82, 2.24) is 0 Å². The maximum absolute atomic E-state index is 12.5. The predicted molar refractivity (Wildman–Crippen MR) is 93.6 cm³/mol. The van der Waals surface area contributed by atoms with Crippen molar-refractivity contribution in [3.8, 4) is 0 Å². The minimum absolute atomic E-state index is 0.0276. The van der Waals surface area contributed by atoms with E-state index in [-0.39, 0.29) is 12.5 Å². The zero-order valence-corrected chi connectivity index (χ0v) is 13.9. The van der Waals surface area contributed by atoms with E-state index in [0.717, 1.165) is 29.7 Å². The first kappa shape index (κ1) is 16.5. The molecule has 0 fully saturated rings. The van der Waals surface area contributed by atoms with Crippen molar-refractivity contribution in [3.05, 3.63) is 64.7 Å². The third-order valence-electron chi connectivity index (χ3n) is 4.34. The molecule has 0 saturated heterocycles. The quantitative estimate of drug-likeness (QED) is 0.896. The number of hydrogen-bond acceptors (Lipinski definition) is 2. The van der Waals surface area contributed by atoms with Crippen LogP contribution in [0.15, 0.2) is 48.5 Å². The normalized spacial score (nSPS) is 16.0. The van der Waals surface area contributed by atoms with Crippen LogP contribution in [0.3, 0.4) is 0 Å². The summed E-state index contributed by atoms with van der Waals surface area (Å²) in [5, 5.41) is 10.1.